The molecule has 1 heterocycles. The lowest BCUT2D eigenvalue weighted by molar-refractivity contribution is -0.138. The van der Waals surface area contributed by atoms with Crippen LogP contribution in [0.25, 0.3) is 0 Å². The number of alkyl halides is 6. The number of hydrogen-bond donors (Lipinski definition) is 1. The zero-order chi connectivity index (χ0) is 21.9. The van der Waals surface area contributed by atoms with Crippen molar-refractivity contribution in [3.63, 3.8) is 0 Å². The van der Waals surface area contributed by atoms with Crippen molar-refractivity contribution < 1.29 is 31.1 Å². The van der Waals surface area contributed by atoms with Crippen molar-refractivity contribution in [3.05, 3.63) is 65.2 Å². The van der Waals surface area contributed by atoms with Gasteiger partial charge in [0.25, 0.3) is 0 Å². The van der Waals surface area contributed by atoms with Crippen LogP contribution in [0.5, 0.6) is 0 Å². The summed E-state index contributed by atoms with van der Waals surface area (Å²) in [5, 5.41) is 2.32. The normalized spacial score (nSPS) is 18.3. The lowest BCUT2D eigenvalue weighted by atomic mass is 9.94. The van der Waals surface area contributed by atoms with Gasteiger partial charge >= 0.3 is 12.4 Å². The van der Waals surface area contributed by atoms with Crippen molar-refractivity contribution in [2.45, 2.75) is 37.7 Å². The standard InChI is InChI=1S/C21H20F6N2O/c22-20(23,24)15-10-8-14(9-11-15)18-7-3-4-12-29(18)13-19(30)28-17-6-2-1-5-16(17)21(25,26)27/h1-2,5-6,8-11,18H,3-4,7,12-13H2,(H,28,30). The molecule has 1 aliphatic heterocycles. The Morgan fingerprint density at radius 2 is 1.60 bits per heavy atom. The largest absolute Gasteiger partial charge is 0.418 e. The summed E-state index contributed by atoms with van der Waals surface area (Å²) in [4.78, 5) is 14.2. The molecule has 2 aromatic carbocycles. The maximum absolute atomic E-state index is 13.1. The first-order chi connectivity index (χ1) is 14.1. The van der Waals surface area contributed by atoms with E-state index in [1.165, 1.54) is 30.3 Å². The Labute approximate surface area is 169 Å². The number of rotatable bonds is 4. The lowest BCUT2D eigenvalue weighted by Crippen LogP contribution is -2.39. The van der Waals surface area contributed by atoms with E-state index in [9.17, 15) is 31.1 Å². The minimum atomic E-state index is -4.60. The first-order valence-electron chi connectivity index (χ1n) is 9.43. The minimum Gasteiger partial charge on any atom is -0.324 e. The highest BCUT2D eigenvalue weighted by Crippen LogP contribution is 2.36. The molecule has 1 N–H and O–H groups in total. The summed E-state index contributed by atoms with van der Waals surface area (Å²) < 4.78 is 77.7. The van der Waals surface area contributed by atoms with Gasteiger partial charge in [-0.15, -0.1) is 0 Å². The van der Waals surface area contributed by atoms with Crippen molar-refractivity contribution in [1.29, 1.82) is 0 Å². The molecule has 3 rings (SSSR count). The molecule has 0 bridgehead atoms. The molecule has 1 aliphatic rings. The second-order valence-corrected chi connectivity index (χ2v) is 7.19. The molecule has 30 heavy (non-hydrogen) atoms. The minimum absolute atomic E-state index is 0.155. The molecular weight excluding hydrogens is 410 g/mol. The van der Waals surface area contributed by atoms with Crippen LogP contribution in [0.15, 0.2) is 48.5 Å². The molecule has 1 fully saturated rings. The molecule has 1 saturated heterocycles. The van der Waals surface area contributed by atoms with Gasteiger partial charge in [-0.05, 0) is 49.2 Å². The highest BCUT2D eigenvalue weighted by Gasteiger charge is 2.34. The van der Waals surface area contributed by atoms with Gasteiger partial charge in [-0.25, -0.2) is 0 Å². The van der Waals surface area contributed by atoms with Crippen molar-refractivity contribution in [2.75, 3.05) is 18.4 Å². The van der Waals surface area contributed by atoms with E-state index in [0.29, 0.717) is 18.5 Å². The fraction of sp³-hybridized carbons (Fsp3) is 0.381. The number of likely N-dealkylation sites (tertiary alicyclic amines) is 1. The van der Waals surface area contributed by atoms with E-state index in [0.717, 1.165) is 31.0 Å². The molecule has 1 unspecified atom stereocenters. The number of amides is 1. The van der Waals surface area contributed by atoms with Gasteiger partial charge in [-0.2, -0.15) is 26.3 Å². The Balaban J connectivity index is 1.73. The second-order valence-electron chi connectivity index (χ2n) is 7.19. The summed E-state index contributed by atoms with van der Waals surface area (Å²) in [5.74, 6) is -0.606. The van der Waals surface area contributed by atoms with Gasteiger partial charge in [0.05, 0.1) is 23.4 Å². The summed E-state index contributed by atoms with van der Waals surface area (Å²) in [6.45, 7) is 0.373. The molecule has 0 saturated carbocycles. The summed E-state index contributed by atoms with van der Waals surface area (Å²) in [6, 6.07) is 9.23. The lowest BCUT2D eigenvalue weighted by Gasteiger charge is -2.35. The zero-order valence-electron chi connectivity index (χ0n) is 15.9. The van der Waals surface area contributed by atoms with Crippen LogP contribution in [0.4, 0.5) is 32.0 Å². The molecule has 3 nitrogen and oxygen atoms in total. The Hall–Kier alpha value is -2.55. The summed E-state index contributed by atoms with van der Waals surface area (Å²) in [5.41, 5.74) is -1.37. The average Bonchev–Trinajstić information content (AvgIpc) is 2.67. The number of carbonyl (C=O) groups excluding carboxylic acids is 1. The predicted molar refractivity (Wildman–Crippen MR) is 99.7 cm³/mol. The van der Waals surface area contributed by atoms with Crippen molar-refractivity contribution in [1.82, 2.24) is 4.90 Å². The molecule has 2 aromatic rings. The Morgan fingerprint density at radius 1 is 0.933 bits per heavy atom. The third-order valence-electron chi connectivity index (χ3n) is 5.09. The van der Waals surface area contributed by atoms with Crippen LogP contribution < -0.4 is 5.32 Å². The average molecular weight is 430 g/mol. The van der Waals surface area contributed by atoms with Gasteiger partial charge in [0.1, 0.15) is 0 Å². The second kappa shape index (κ2) is 8.67. The maximum atomic E-state index is 13.1. The number of carbonyl (C=O) groups is 1. The SMILES string of the molecule is O=C(CN1CCCCC1c1ccc(C(F)(F)F)cc1)Nc1ccccc1C(F)(F)F. The van der Waals surface area contributed by atoms with E-state index < -0.39 is 29.4 Å². The van der Waals surface area contributed by atoms with E-state index in [2.05, 4.69) is 5.32 Å². The highest BCUT2D eigenvalue weighted by molar-refractivity contribution is 5.93. The molecule has 0 radical (unpaired) electrons. The third-order valence-corrected chi connectivity index (χ3v) is 5.09. The fourth-order valence-corrected chi connectivity index (χ4v) is 3.67. The van der Waals surface area contributed by atoms with Crippen molar-refractivity contribution >= 4 is 11.6 Å². The quantitative estimate of drug-likeness (QED) is 0.614. The monoisotopic (exact) mass is 430 g/mol. The van der Waals surface area contributed by atoms with Crippen LogP contribution in [0.1, 0.15) is 42.0 Å². The Morgan fingerprint density at radius 3 is 2.23 bits per heavy atom. The van der Waals surface area contributed by atoms with E-state index in [-0.39, 0.29) is 18.3 Å². The number of para-hydroxylation sites is 1. The van der Waals surface area contributed by atoms with Crippen LogP contribution in [0.3, 0.4) is 0 Å². The van der Waals surface area contributed by atoms with Gasteiger partial charge in [0.2, 0.25) is 5.91 Å². The Bertz CT molecular complexity index is 876. The topological polar surface area (TPSA) is 32.3 Å². The number of anilines is 1. The molecule has 9 heteroatoms. The summed E-state index contributed by atoms with van der Waals surface area (Å²) >= 11 is 0. The van der Waals surface area contributed by atoms with Crippen LogP contribution in [0, 0.1) is 0 Å². The van der Waals surface area contributed by atoms with Crippen LogP contribution >= 0.6 is 0 Å². The summed E-state index contributed by atoms with van der Waals surface area (Å²) in [6.07, 6.45) is -6.74. The fourth-order valence-electron chi connectivity index (χ4n) is 3.67. The maximum Gasteiger partial charge on any atom is 0.418 e. The number of benzene rings is 2. The first-order valence-corrected chi connectivity index (χ1v) is 9.43. The molecule has 162 valence electrons. The van der Waals surface area contributed by atoms with Crippen LogP contribution in [0.2, 0.25) is 0 Å². The van der Waals surface area contributed by atoms with E-state index >= 15 is 0 Å². The van der Waals surface area contributed by atoms with Crippen LogP contribution in [-0.2, 0) is 17.1 Å². The highest BCUT2D eigenvalue weighted by atomic mass is 19.4. The van der Waals surface area contributed by atoms with E-state index in [4.69, 9.17) is 0 Å². The van der Waals surface area contributed by atoms with Gasteiger partial charge < -0.3 is 5.32 Å². The molecule has 0 aromatic heterocycles. The smallest absolute Gasteiger partial charge is 0.324 e. The Kier molecular flexibility index (Phi) is 6.40. The number of halogens is 6. The number of nitrogens with zero attached hydrogens (tertiary/aromatic N) is 1. The van der Waals surface area contributed by atoms with Crippen molar-refractivity contribution in [3.8, 4) is 0 Å². The van der Waals surface area contributed by atoms with Gasteiger partial charge in [-0.3, -0.25) is 9.69 Å². The van der Waals surface area contributed by atoms with Gasteiger partial charge in [-0.1, -0.05) is 30.7 Å². The number of hydrogen-bond acceptors (Lipinski definition) is 2. The predicted octanol–water partition coefficient (Wildman–Crippen LogP) is 5.89. The van der Waals surface area contributed by atoms with Crippen LogP contribution in [-0.4, -0.2) is 23.9 Å². The first kappa shape index (κ1) is 22.1. The molecule has 0 aliphatic carbocycles. The number of nitrogens with one attached hydrogen (secondary N) is 1. The molecule has 0 spiro atoms. The van der Waals surface area contributed by atoms with Gasteiger partial charge in [0, 0.05) is 6.04 Å². The summed E-state index contributed by atoms with van der Waals surface area (Å²) in [7, 11) is 0. The molecule has 1 amide bonds. The molecule has 1 atom stereocenters. The van der Waals surface area contributed by atoms with Crippen molar-refractivity contribution in [2.24, 2.45) is 0 Å². The van der Waals surface area contributed by atoms with E-state index in [1.54, 1.807) is 4.90 Å². The molecular formula is C21H20F6N2O. The van der Waals surface area contributed by atoms with E-state index in [1.807, 2.05) is 0 Å². The third kappa shape index (κ3) is 5.33. The van der Waals surface area contributed by atoms with Gasteiger partial charge in [0.15, 0.2) is 0 Å². The zero-order valence-corrected chi connectivity index (χ0v) is 15.9. The number of piperidine rings is 1.